The fraction of sp³-hybridized carbons (Fsp3) is 0.923. The van der Waals surface area contributed by atoms with Gasteiger partial charge in [0.15, 0.2) is 0 Å². The smallest absolute Gasteiger partial charge is 0.133 e. The molecule has 3 nitrogen and oxygen atoms in total. The molecular weight excluding hydrogens is 200 g/mol. The number of nitrogens with two attached hydrogens (primary N) is 1. The van der Waals surface area contributed by atoms with Crippen LogP contribution in [0, 0.1) is 5.92 Å². The minimum atomic E-state index is 0.174. The first-order valence-corrected chi connectivity index (χ1v) is 6.72. The molecule has 1 aliphatic heterocycles. The average molecular weight is 226 g/mol. The molecule has 0 amide bonds. The summed E-state index contributed by atoms with van der Waals surface area (Å²) in [6.45, 7) is 4.07. The Labute approximate surface area is 99.2 Å². The molecule has 1 fully saturated rings. The van der Waals surface area contributed by atoms with Crippen LogP contribution in [0.5, 0.6) is 0 Å². The molecule has 0 aromatic rings. The Balaban J connectivity index is 2.12. The standard InChI is InChI=1S/C13H26N2O/c1-2-3-4-5-6-12(16)9-11-7-8-15-10-13(11)14/h11,13,15H,2-10,14H2,1H3. The molecule has 1 rings (SSSR count). The zero-order chi connectivity index (χ0) is 11.8. The summed E-state index contributed by atoms with van der Waals surface area (Å²) < 4.78 is 0. The number of nitrogens with one attached hydrogen (secondary N) is 1. The van der Waals surface area contributed by atoms with Crippen LogP contribution in [0.2, 0.25) is 0 Å². The lowest BCUT2D eigenvalue weighted by atomic mass is 9.87. The molecule has 0 aromatic carbocycles. The zero-order valence-corrected chi connectivity index (χ0v) is 10.5. The Bertz CT molecular complexity index is 206. The lowest BCUT2D eigenvalue weighted by Gasteiger charge is -2.28. The van der Waals surface area contributed by atoms with Crippen LogP contribution in [0.1, 0.15) is 51.9 Å². The van der Waals surface area contributed by atoms with E-state index in [-0.39, 0.29) is 6.04 Å². The minimum absolute atomic E-state index is 0.174. The predicted molar refractivity (Wildman–Crippen MR) is 67.3 cm³/mol. The molecule has 1 aliphatic rings. The van der Waals surface area contributed by atoms with Crippen LogP contribution in [0.15, 0.2) is 0 Å². The zero-order valence-electron chi connectivity index (χ0n) is 10.5. The summed E-state index contributed by atoms with van der Waals surface area (Å²) in [5, 5.41) is 3.26. The van der Waals surface area contributed by atoms with Crippen LogP contribution in [0.4, 0.5) is 0 Å². The van der Waals surface area contributed by atoms with Crippen molar-refractivity contribution in [3.05, 3.63) is 0 Å². The molecule has 3 heteroatoms. The Hall–Kier alpha value is -0.410. The predicted octanol–water partition coefficient (Wildman–Crippen LogP) is 1.85. The van der Waals surface area contributed by atoms with E-state index in [2.05, 4.69) is 12.2 Å². The lowest BCUT2D eigenvalue weighted by molar-refractivity contribution is -0.120. The number of hydrogen-bond acceptors (Lipinski definition) is 3. The van der Waals surface area contributed by atoms with Gasteiger partial charge in [0.2, 0.25) is 0 Å². The third-order valence-corrected chi connectivity index (χ3v) is 3.48. The molecular formula is C13H26N2O. The second kappa shape index (κ2) is 7.80. The van der Waals surface area contributed by atoms with Crippen LogP contribution in [-0.2, 0) is 4.79 Å². The molecule has 0 radical (unpaired) electrons. The van der Waals surface area contributed by atoms with Gasteiger partial charge in [-0.25, -0.2) is 0 Å². The minimum Gasteiger partial charge on any atom is -0.326 e. The maximum atomic E-state index is 11.7. The first kappa shape index (κ1) is 13.7. The number of carbonyl (C=O) groups excluding carboxylic acids is 1. The Morgan fingerprint density at radius 1 is 1.38 bits per heavy atom. The van der Waals surface area contributed by atoms with Crippen molar-refractivity contribution in [2.45, 2.75) is 57.9 Å². The van der Waals surface area contributed by atoms with Crippen LogP contribution in [0.3, 0.4) is 0 Å². The van der Waals surface area contributed by atoms with E-state index in [0.717, 1.165) is 32.4 Å². The Morgan fingerprint density at radius 3 is 2.88 bits per heavy atom. The van der Waals surface area contributed by atoms with Gasteiger partial charge in [-0.1, -0.05) is 26.2 Å². The fourth-order valence-corrected chi connectivity index (χ4v) is 2.33. The molecule has 0 aliphatic carbocycles. The number of carbonyl (C=O) groups is 1. The summed E-state index contributed by atoms with van der Waals surface area (Å²) in [5.41, 5.74) is 5.99. The molecule has 0 bridgehead atoms. The number of hydrogen-bond donors (Lipinski definition) is 2. The van der Waals surface area contributed by atoms with Crippen LogP contribution >= 0.6 is 0 Å². The van der Waals surface area contributed by atoms with E-state index in [1.807, 2.05) is 0 Å². The normalized spacial score (nSPS) is 25.6. The van der Waals surface area contributed by atoms with Gasteiger partial charge >= 0.3 is 0 Å². The molecule has 1 heterocycles. The van der Waals surface area contributed by atoms with Gasteiger partial charge in [-0.3, -0.25) is 4.79 Å². The van der Waals surface area contributed by atoms with Gasteiger partial charge in [-0.05, 0) is 25.3 Å². The molecule has 2 atom stereocenters. The van der Waals surface area contributed by atoms with Gasteiger partial charge in [0, 0.05) is 25.4 Å². The van der Waals surface area contributed by atoms with Crippen molar-refractivity contribution < 1.29 is 4.79 Å². The van der Waals surface area contributed by atoms with Crippen LogP contribution in [0.25, 0.3) is 0 Å². The van der Waals surface area contributed by atoms with E-state index >= 15 is 0 Å². The van der Waals surface area contributed by atoms with Gasteiger partial charge in [0.05, 0.1) is 0 Å². The maximum absolute atomic E-state index is 11.7. The second-order valence-corrected chi connectivity index (χ2v) is 4.97. The summed E-state index contributed by atoms with van der Waals surface area (Å²) in [4.78, 5) is 11.7. The highest BCUT2D eigenvalue weighted by atomic mass is 16.1. The fourth-order valence-electron chi connectivity index (χ4n) is 2.33. The summed E-state index contributed by atoms with van der Waals surface area (Å²) in [5.74, 6) is 0.832. The van der Waals surface area contributed by atoms with Crippen molar-refractivity contribution in [2.24, 2.45) is 11.7 Å². The molecule has 0 saturated carbocycles. The Kier molecular flexibility index (Phi) is 6.65. The number of Topliss-reactive ketones (excluding diaryl/α,β-unsaturated/α-hetero) is 1. The summed E-state index contributed by atoms with van der Waals surface area (Å²) in [6.07, 6.45) is 7.26. The number of piperidine rings is 1. The van der Waals surface area contributed by atoms with Gasteiger partial charge in [-0.2, -0.15) is 0 Å². The Morgan fingerprint density at radius 2 is 2.19 bits per heavy atom. The SMILES string of the molecule is CCCCCCC(=O)CC1CCNCC1N. The highest BCUT2D eigenvalue weighted by Gasteiger charge is 2.23. The topological polar surface area (TPSA) is 55.1 Å². The van der Waals surface area contributed by atoms with E-state index in [1.165, 1.54) is 19.3 Å². The van der Waals surface area contributed by atoms with E-state index in [0.29, 0.717) is 18.1 Å². The van der Waals surface area contributed by atoms with Crippen LogP contribution in [-0.4, -0.2) is 24.9 Å². The van der Waals surface area contributed by atoms with Crippen molar-refractivity contribution in [1.82, 2.24) is 5.32 Å². The van der Waals surface area contributed by atoms with E-state index in [1.54, 1.807) is 0 Å². The van der Waals surface area contributed by atoms with Gasteiger partial charge in [0.25, 0.3) is 0 Å². The highest BCUT2D eigenvalue weighted by Crippen LogP contribution is 2.17. The molecule has 1 saturated heterocycles. The van der Waals surface area contributed by atoms with Crippen molar-refractivity contribution in [2.75, 3.05) is 13.1 Å². The summed E-state index contributed by atoms with van der Waals surface area (Å²) in [7, 11) is 0. The lowest BCUT2D eigenvalue weighted by Crippen LogP contribution is -2.46. The van der Waals surface area contributed by atoms with E-state index in [9.17, 15) is 4.79 Å². The maximum Gasteiger partial charge on any atom is 0.133 e. The average Bonchev–Trinajstić information content (AvgIpc) is 2.28. The number of unbranched alkanes of at least 4 members (excludes halogenated alkanes) is 3. The molecule has 3 N–H and O–H groups in total. The van der Waals surface area contributed by atoms with E-state index in [4.69, 9.17) is 5.73 Å². The largest absolute Gasteiger partial charge is 0.326 e. The summed E-state index contributed by atoms with van der Waals surface area (Å²) >= 11 is 0. The number of ketones is 1. The quantitative estimate of drug-likeness (QED) is 0.651. The third-order valence-electron chi connectivity index (χ3n) is 3.48. The first-order valence-electron chi connectivity index (χ1n) is 6.72. The van der Waals surface area contributed by atoms with Gasteiger partial charge < -0.3 is 11.1 Å². The van der Waals surface area contributed by atoms with Gasteiger partial charge in [-0.15, -0.1) is 0 Å². The first-order chi connectivity index (χ1) is 7.74. The van der Waals surface area contributed by atoms with Gasteiger partial charge in [0.1, 0.15) is 5.78 Å². The van der Waals surface area contributed by atoms with E-state index < -0.39 is 0 Å². The molecule has 2 unspecified atom stereocenters. The molecule has 94 valence electrons. The number of rotatable bonds is 7. The molecule has 16 heavy (non-hydrogen) atoms. The van der Waals surface area contributed by atoms with Crippen molar-refractivity contribution in [3.8, 4) is 0 Å². The van der Waals surface area contributed by atoms with Crippen molar-refractivity contribution in [1.29, 1.82) is 0 Å². The molecule has 0 aromatic heterocycles. The molecule has 0 spiro atoms. The second-order valence-electron chi connectivity index (χ2n) is 4.97. The van der Waals surface area contributed by atoms with Crippen LogP contribution < -0.4 is 11.1 Å². The van der Waals surface area contributed by atoms with Crippen molar-refractivity contribution in [3.63, 3.8) is 0 Å². The highest BCUT2D eigenvalue weighted by molar-refractivity contribution is 5.78. The third kappa shape index (κ3) is 5.08. The monoisotopic (exact) mass is 226 g/mol. The van der Waals surface area contributed by atoms with Crippen molar-refractivity contribution >= 4 is 5.78 Å². The summed E-state index contributed by atoms with van der Waals surface area (Å²) in [6, 6.07) is 0.174.